The second-order valence-electron chi connectivity index (χ2n) is 5.10. The maximum absolute atomic E-state index is 11.9. The molecular weight excluding hydrogens is 333 g/mol. The SMILES string of the molecule is CCOc1ccc(CNC(=O)CCc2ccc(Cl)c(Cl)c2)cc1. The zero-order valence-corrected chi connectivity index (χ0v) is 14.5. The van der Waals surface area contributed by atoms with Gasteiger partial charge in [0.2, 0.25) is 5.91 Å². The molecule has 0 saturated carbocycles. The van der Waals surface area contributed by atoms with Gasteiger partial charge in [0.1, 0.15) is 5.75 Å². The minimum atomic E-state index is 0.00459. The van der Waals surface area contributed by atoms with E-state index in [1.54, 1.807) is 12.1 Å². The summed E-state index contributed by atoms with van der Waals surface area (Å²) >= 11 is 11.8. The molecule has 23 heavy (non-hydrogen) atoms. The van der Waals surface area contributed by atoms with Crippen LogP contribution in [0.2, 0.25) is 10.0 Å². The van der Waals surface area contributed by atoms with Gasteiger partial charge in [0.15, 0.2) is 0 Å². The summed E-state index contributed by atoms with van der Waals surface area (Å²) < 4.78 is 5.38. The molecule has 0 saturated heterocycles. The zero-order valence-electron chi connectivity index (χ0n) is 12.9. The van der Waals surface area contributed by atoms with Gasteiger partial charge in [-0.3, -0.25) is 4.79 Å². The maximum atomic E-state index is 11.9. The summed E-state index contributed by atoms with van der Waals surface area (Å²) in [6.07, 6.45) is 1.04. The van der Waals surface area contributed by atoms with Crippen LogP contribution in [0.15, 0.2) is 42.5 Å². The molecule has 0 spiro atoms. The summed E-state index contributed by atoms with van der Waals surface area (Å²) in [5.74, 6) is 0.840. The Kier molecular flexibility index (Phi) is 6.75. The van der Waals surface area contributed by atoms with Crippen molar-refractivity contribution in [2.45, 2.75) is 26.3 Å². The Morgan fingerprint density at radius 2 is 1.74 bits per heavy atom. The van der Waals surface area contributed by atoms with E-state index in [-0.39, 0.29) is 5.91 Å². The monoisotopic (exact) mass is 351 g/mol. The molecule has 0 unspecified atom stereocenters. The average molecular weight is 352 g/mol. The molecule has 1 N–H and O–H groups in total. The molecule has 0 aliphatic heterocycles. The van der Waals surface area contributed by atoms with Crippen LogP contribution in [-0.4, -0.2) is 12.5 Å². The molecule has 0 atom stereocenters. The van der Waals surface area contributed by atoms with Gasteiger partial charge in [0.25, 0.3) is 0 Å². The van der Waals surface area contributed by atoms with Crippen molar-refractivity contribution in [1.29, 1.82) is 0 Å². The molecular formula is C18H19Cl2NO2. The van der Waals surface area contributed by atoms with E-state index in [9.17, 15) is 4.79 Å². The summed E-state index contributed by atoms with van der Waals surface area (Å²) in [5, 5.41) is 3.94. The number of carbonyl (C=O) groups is 1. The first-order chi connectivity index (χ1) is 11.1. The molecule has 2 rings (SSSR count). The second-order valence-corrected chi connectivity index (χ2v) is 5.92. The van der Waals surface area contributed by atoms with E-state index >= 15 is 0 Å². The number of ether oxygens (including phenoxy) is 1. The van der Waals surface area contributed by atoms with Gasteiger partial charge < -0.3 is 10.1 Å². The van der Waals surface area contributed by atoms with Crippen LogP contribution in [-0.2, 0) is 17.8 Å². The number of halogens is 2. The second kappa shape index (κ2) is 8.80. The Balaban J connectivity index is 1.77. The highest BCUT2D eigenvalue weighted by Gasteiger charge is 2.05. The molecule has 122 valence electrons. The van der Waals surface area contributed by atoms with Crippen molar-refractivity contribution in [1.82, 2.24) is 5.32 Å². The van der Waals surface area contributed by atoms with E-state index in [0.29, 0.717) is 36.0 Å². The van der Waals surface area contributed by atoms with Crippen LogP contribution in [0.5, 0.6) is 5.75 Å². The topological polar surface area (TPSA) is 38.3 Å². The Bertz CT molecular complexity index is 657. The Morgan fingerprint density at radius 1 is 1.04 bits per heavy atom. The number of carbonyl (C=O) groups excluding carboxylic acids is 1. The van der Waals surface area contributed by atoms with Gasteiger partial charge in [0, 0.05) is 13.0 Å². The smallest absolute Gasteiger partial charge is 0.220 e. The fourth-order valence-electron chi connectivity index (χ4n) is 2.11. The molecule has 0 fully saturated rings. The van der Waals surface area contributed by atoms with Crippen LogP contribution < -0.4 is 10.1 Å². The first-order valence-corrected chi connectivity index (χ1v) is 8.26. The molecule has 0 aromatic heterocycles. The predicted molar refractivity (Wildman–Crippen MR) is 94.2 cm³/mol. The highest BCUT2D eigenvalue weighted by Crippen LogP contribution is 2.23. The average Bonchev–Trinajstić information content (AvgIpc) is 2.55. The van der Waals surface area contributed by atoms with Crippen LogP contribution >= 0.6 is 23.2 Å². The molecule has 2 aromatic carbocycles. The van der Waals surface area contributed by atoms with Crippen molar-refractivity contribution in [3.63, 3.8) is 0 Å². The third-order valence-corrected chi connectivity index (χ3v) is 4.09. The third-order valence-electron chi connectivity index (χ3n) is 3.35. The van der Waals surface area contributed by atoms with Gasteiger partial charge in [0.05, 0.1) is 16.7 Å². The van der Waals surface area contributed by atoms with Crippen molar-refractivity contribution >= 4 is 29.1 Å². The van der Waals surface area contributed by atoms with Gasteiger partial charge in [-0.2, -0.15) is 0 Å². The Morgan fingerprint density at radius 3 is 2.39 bits per heavy atom. The van der Waals surface area contributed by atoms with Crippen molar-refractivity contribution in [3.8, 4) is 5.75 Å². The lowest BCUT2D eigenvalue weighted by Gasteiger charge is -2.07. The zero-order chi connectivity index (χ0) is 16.7. The van der Waals surface area contributed by atoms with E-state index in [1.165, 1.54) is 0 Å². The number of hydrogen-bond acceptors (Lipinski definition) is 2. The van der Waals surface area contributed by atoms with Crippen molar-refractivity contribution in [2.24, 2.45) is 0 Å². The Labute approximate surface area is 146 Å². The van der Waals surface area contributed by atoms with E-state index in [0.717, 1.165) is 16.9 Å². The molecule has 2 aromatic rings. The quantitative estimate of drug-likeness (QED) is 0.788. The first-order valence-electron chi connectivity index (χ1n) is 7.51. The number of aryl methyl sites for hydroxylation is 1. The number of amides is 1. The van der Waals surface area contributed by atoms with Crippen molar-refractivity contribution < 1.29 is 9.53 Å². The molecule has 1 amide bonds. The highest BCUT2D eigenvalue weighted by molar-refractivity contribution is 6.42. The normalized spacial score (nSPS) is 10.4. The minimum Gasteiger partial charge on any atom is -0.494 e. The molecule has 0 aliphatic carbocycles. The van der Waals surface area contributed by atoms with E-state index < -0.39 is 0 Å². The Hall–Kier alpha value is -1.71. The number of hydrogen-bond donors (Lipinski definition) is 1. The highest BCUT2D eigenvalue weighted by atomic mass is 35.5. The van der Waals surface area contributed by atoms with Crippen LogP contribution in [0, 0.1) is 0 Å². The summed E-state index contributed by atoms with van der Waals surface area (Å²) in [6, 6.07) is 13.1. The van der Waals surface area contributed by atoms with Crippen molar-refractivity contribution in [2.75, 3.05) is 6.61 Å². The van der Waals surface area contributed by atoms with Gasteiger partial charge >= 0.3 is 0 Å². The van der Waals surface area contributed by atoms with Crippen LogP contribution in [0.1, 0.15) is 24.5 Å². The summed E-state index contributed by atoms with van der Waals surface area (Å²) in [7, 11) is 0. The fourth-order valence-corrected chi connectivity index (χ4v) is 2.43. The minimum absolute atomic E-state index is 0.00459. The van der Waals surface area contributed by atoms with Gasteiger partial charge in [-0.25, -0.2) is 0 Å². The summed E-state index contributed by atoms with van der Waals surface area (Å²) in [6.45, 7) is 3.10. The lowest BCUT2D eigenvalue weighted by Crippen LogP contribution is -2.22. The number of rotatable bonds is 7. The molecule has 3 nitrogen and oxygen atoms in total. The fraction of sp³-hybridized carbons (Fsp3) is 0.278. The third kappa shape index (κ3) is 5.77. The van der Waals surface area contributed by atoms with Gasteiger partial charge in [-0.15, -0.1) is 0 Å². The van der Waals surface area contributed by atoms with E-state index in [2.05, 4.69) is 5.32 Å². The van der Waals surface area contributed by atoms with Crippen LogP contribution in [0.4, 0.5) is 0 Å². The molecule has 0 radical (unpaired) electrons. The van der Waals surface area contributed by atoms with Crippen LogP contribution in [0.3, 0.4) is 0 Å². The van der Waals surface area contributed by atoms with E-state index in [1.807, 2.05) is 37.3 Å². The van der Waals surface area contributed by atoms with Crippen molar-refractivity contribution in [3.05, 3.63) is 63.6 Å². The van der Waals surface area contributed by atoms with E-state index in [4.69, 9.17) is 27.9 Å². The van der Waals surface area contributed by atoms with Crippen LogP contribution in [0.25, 0.3) is 0 Å². The lowest BCUT2D eigenvalue weighted by molar-refractivity contribution is -0.121. The summed E-state index contributed by atoms with van der Waals surface area (Å²) in [4.78, 5) is 11.9. The number of benzene rings is 2. The number of nitrogens with one attached hydrogen (secondary N) is 1. The molecule has 0 heterocycles. The molecule has 0 aliphatic rings. The standard InChI is InChI=1S/C18H19Cl2NO2/c1-2-23-15-7-3-14(4-8-15)12-21-18(22)10-6-13-5-9-16(19)17(20)11-13/h3-5,7-9,11H,2,6,10,12H2,1H3,(H,21,22). The largest absolute Gasteiger partial charge is 0.494 e. The maximum Gasteiger partial charge on any atom is 0.220 e. The summed E-state index contributed by atoms with van der Waals surface area (Å²) in [5.41, 5.74) is 2.03. The predicted octanol–water partition coefficient (Wildman–Crippen LogP) is 4.64. The molecule has 0 bridgehead atoms. The van der Waals surface area contributed by atoms with Gasteiger partial charge in [-0.05, 0) is 48.7 Å². The van der Waals surface area contributed by atoms with Gasteiger partial charge in [-0.1, -0.05) is 41.4 Å². The first kappa shape index (κ1) is 17.6. The lowest BCUT2D eigenvalue weighted by atomic mass is 10.1. The molecule has 5 heteroatoms.